The second-order valence-corrected chi connectivity index (χ2v) is 6.55. The summed E-state index contributed by atoms with van der Waals surface area (Å²) in [5.41, 5.74) is 3.07. The number of hydrogen-bond donors (Lipinski definition) is 1. The minimum atomic E-state index is -4.92. The summed E-state index contributed by atoms with van der Waals surface area (Å²) < 4.78 is 78.8. The third kappa shape index (κ3) is 7.73. The first-order chi connectivity index (χ1) is 15.0. The van der Waals surface area contributed by atoms with E-state index >= 15 is 0 Å². The summed E-state index contributed by atoms with van der Waals surface area (Å²) in [6.45, 7) is 0.679. The lowest BCUT2D eigenvalue weighted by atomic mass is 10.1. The SMILES string of the molecule is NCCc1ccc(Oc2ccccc2)cc1.O=Cc1cc(C(F)(F)F)cc(C(F)(F)F)c1. The fourth-order valence-electron chi connectivity index (χ4n) is 2.56. The van der Waals surface area contributed by atoms with Gasteiger partial charge in [0.2, 0.25) is 0 Å². The van der Waals surface area contributed by atoms with E-state index in [0.29, 0.717) is 18.7 Å². The predicted octanol–water partition coefficient (Wildman–Crippen LogP) is 6.52. The summed E-state index contributed by atoms with van der Waals surface area (Å²) in [6, 6.07) is 18.5. The van der Waals surface area contributed by atoms with Crippen molar-refractivity contribution in [3.05, 3.63) is 95.1 Å². The van der Waals surface area contributed by atoms with E-state index in [9.17, 15) is 31.1 Å². The van der Waals surface area contributed by atoms with E-state index in [4.69, 9.17) is 10.5 Å². The van der Waals surface area contributed by atoms with Crippen molar-refractivity contribution < 1.29 is 35.9 Å². The molecular weight excluding hydrogens is 436 g/mol. The fourth-order valence-corrected chi connectivity index (χ4v) is 2.56. The van der Waals surface area contributed by atoms with Gasteiger partial charge in [-0.2, -0.15) is 26.3 Å². The summed E-state index contributed by atoms with van der Waals surface area (Å²) in [7, 11) is 0. The number of hydrogen-bond acceptors (Lipinski definition) is 3. The molecular formula is C23H19F6NO2. The van der Waals surface area contributed by atoms with Crippen LogP contribution in [0.15, 0.2) is 72.8 Å². The van der Waals surface area contributed by atoms with Crippen molar-refractivity contribution >= 4 is 6.29 Å². The van der Waals surface area contributed by atoms with Crippen LogP contribution in [0.25, 0.3) is 0 Å². The molecule has 0 aliphatic heterocycles. The molecule has 0 saturated heterocycles. The van der Waals surface area contributed by atoms with Crippen LogP contribution in [-0.4, -0.2) is 12.8 Å². The summed E-state index contributed by atoms with van der Waals surface area (Å²) in [5.74, 6) is 1.71. The maximum Gasteiger partial charge on any atom is 0.416 e. The van der Waals surface area contributed by atoms with Gasteiger partial charge in [0.25, 0.3) is 0 Å². The Morgan fingerprint density at radius 2 is 1.25 bits per heavy atom. The van der Waals surface area contributed by atoms with Gasteiger partial charge in [-0.25, -0.2) is 0 Å². The maximum absolute atomic E-state index is 12.2. The van der Waals surface area contributed by atoms with Gasteiger partial charge in [0.15, 0.2) is 0 Å². The Kier molecular flexibility index (Phi) is 8.42. The number of carbonyl (C=O) groups excluding carboxylic acids is 1. The quantitative estimate of drug-likeness (QED) is 0.352. The third-order valence-corrected chi connectivity index (χ3v) is 4.08. The second kappa shape index (κ2) is 10.8. The number of nitrogens with two attached hydrogens (primary N) is 1. The van der Waals surface area contributed by atoms with Crippen LogP contribution in [0, 0.1) is 0 Å². The molecule has 0 amide bonds. The average molecular weight is 455 g/mol. The molecule has 0 radical (unpaired) electrons. The zero-order chi connectivity index (χ0) is 23.8. The minimum absolute atomic E-state index is 0.0347. The van der Waals surface area contributed by atoms with Gasteiger partial charge in [0.05, 0.1) is 11.1 Å². The molecule has 0 atom stereocenters. The highest BCUT2D eigenvalue weighted by atomic mass is 19.4. The van der Waals surface area contributed by atoms with Gasteiger partial charge >= 0.3 is 12.4 Å². The molecule has 0 aromatic heterocycles. The van der Waals surface area contributed by atoms with Gasteiger partial charge in [0.1, 0.15) is 17.8 Å². The number of para-hydroxylation sites is 1. The smallest absolute Gasteiger partial charge is 0.416 e. The first-order valence-electron chi connectivity index (χ1n) is 9.29. The lowest BCUT2D eigenvalue weighted by Gasteiger charge is -2.12. The number of halogens is 6. The highest BCUT2D eigenvalue weighted by Crippen LogP contribution is 2.36. The predicted molar refractivity (Wildman–Crippen MR) is 108 cm³/mol. The average Bonchev–Trinajstić information content (AvgIpc) is 2.75. The van der Waals surface area contributed by atoms with Crippen LogP contribution in [0.4, 0.5) is 26.3 Å². The Morgan fingerprint density at radius 1 is 0.750 bits per heavy atom. The molecule has 3 aromatic carbocycles. The van der Waals surface area contributed by atoms with Gasteiger partial charge in [0, 0.05) is 5.56 Å². The molecule has 0 saturated carbocycles. The normalized spacial score (nSPS) is 11.3. The van der Waals surface area contributed by atoms with Crippen molar-refractivity contribution in [2.24, 2.45) is 5.73 Å². The topological polar surface area (TPSA) is 52.3 Å². The number of carbonyl (C=O) groups is 1. The van der Waals surface area contributed by atoms with E-state index in [1.807, 2.05) is 54.6 Å². The van der Waals surface area contributed by atoms with Crippen molar-refractivity contribution in [1.82, 2.24) is 0 Å². The highest BCUT2D eigenvalue weighted by Gasteiger charge is 2.36. The number of ether oxygens (including phenoxy) is 1. The molecule has 2 N–H and O–H groups in total. The van der Waals surface area contributed by atoms with Crippen LogP contribution < -0.4 is 10.5 Å². The van der Waals surface area contributed by atoms with Crippen molar-refractivity contribution in [3.63, 3.8) is 0 Å². The minimum Gasteiger partial charge on any atom is -0.457 e. The zero-order valence-electron chi connectivity index (χ0n) is 16.6. The van der Waals surface area contributed by atoms with E-state index < -0.39 is 29.0 Å². The van der Waals surface area contributed by atoms with E-state index in [1.54, 1.807) is 0 Å². The lowest BCUT2D eigenvalue weighted by Crippen LogP contribution is -2.11. The van der Waals surface area contributed by atoms with Gasteiger partial charge in [-0.15, -0.1) is 0 Å². The molecule has 9 heteroatoms. The van der Waals surface area contributed by atoms with Gasteiger partial charge in [-0.1, -0.05) is 30.3 Å². The summed E-state index contributed by atoms with van der Waals surface area (Å²) in [4.78, 5) is 10.2. The first kappa shape index (κ1) is 24.9. The second-order valence-electron chi connectivity index (χ2n) is 6.55. The maximum atomic E-state index is 12.2. The molecule has 3 rings (SSSR count). The molecule has 0 spiro atoms. The fraction of sp³-hybridized carbons (Fsp3) is 0.174. The molecule has 3 aromatic rings. The number of alkyl halides is 6. The Morgan fingerprint density at radius 3 is 1.69 bits per heavy atom. The van der Waals surface area contributed by atoms with Gasteiger partial charge in [-0.3, -0.25) is 4.79 Å². The molecule has 0 heterocycles. The standard InChI is InChI=1S/C14H15NO.C9H4F6O/c15-11-10-12-6-8-14(9-7-12)16-13-4-2-1-3-5-13;10-8(11,12)6-1-5(4-16)2-7(3-6)9(13,14)15/h1-9H,10-11,15H2;1-4H. The summed E-state index contributed by atoms with van der Waals surface area (Å²) >= 11 is 0. The van der Waals surface area contributed by atoms with Gasteiger partial charge in [-0.05, 0) is 61.0 Å². The Balaban J connectivity index is 0.000000227. The monoisotopic (exact) mass is 455 g/mol. The lowest BCUT2D eigenvalue weighted by molar-refractivity contribution is -0.143. The third-order valence-electron chi connectivity index (χ3n) is 4.08. The van der Waals surface area contributed by atoms with E-state index in [-0.39, 0.29) is 12.4 Å². The Bertz CT molecular complexity index is 967. The highest BCUT2D eigenvalue weighted by molar-refractivity contribution is 5.75. The molecule has 0 fully saturated rings. The molecule has 3 nitrogen and oxygen atoms in total. The number of benzene rings is 3. The molecule has 32 heavy (non-hydrogen) atoms. The van der Waals surface area contributed by atoms with E-state index in [0.717, 1.165) is 17.9 Å². The van der Waals surface area contributed by atoms with Crippen molar-refractivity contribution in [2.45, 2.75) is 18.8 Å². The van der Waals surface area contributed by atoms with Crippen LogP contribution in [0.3, 0.4) is 0 Å². The van der Waals surface area contributed by atoms with Crippen molar-refractivity contribution in [3.8, 4) is 11.5 Å². The van der Waals surface area contributed by atoms with Gasteiger partial charge < -0.3 is 10.5 Å². The van der Waals surface area contributed by atoms with E-state index in [1.165, 1.54) is 5.56 Å². The number of rotatable bonds is 5. The molecule has 0 aliphatic carbocycles. The summed E-state index contributed by atoms with van der Waals surface area (Å²) in [5, 5.41) is 0. The molecule has 0 aliphatic rings. The molecule has 0 bridgehead atoms. The first-order valence-corrected chi connectivity index (χ1v) is 9.29. The summed E-state index contributed by atoms with van der Waals surface area (Å²) in [6.07, 6.45) is -8.99. The largest absolute Gasteiger partial charge is 0.457 e. The van der Waals surface area contributed by atoms with Crippen molar-refractivity contribution in [1.29, 1.82) is 0 Å². The van der Waals surface area contributed by atoms with Crippen LogP contribution in [0.5, 0.6) is 11.5 Å². The number of aldehydes is 1. The van der Waals surface area contributed by atoms with Crippen LogP contribution in [0.2, 0.25) is 0 Å². The zero-order valence-corrected chi connectivity index (χ0v) is 16.6. The Hall–Kier alpha value is -3.33. The van der Waals surface area contributed by atoms with Crippen LogP contribution in [0.1, 0.15) is 27.0 Å². The molecule has 170 valence electrons. The van der Waals surface area contributed by atoms with Crippen molar-refractivity contribution in [2.75, 3.05) is 6.54 Å². The van der Waals surface area contributed by atoms with Crippen LogP contribution in [-0.2, 0) is 18.8 Å². The Labute approximate surface area is 180 Å². The van der Waals surface area contributed by atoms with E-state index in [2.05, 4.69) is 0 Å². The molecule has 0 unspecified atom stereocenters. The van der Waals surface area contributed by atoms with Crippen LogP contribution >= 0.6 is 0 Å².